The molecule has 1 N–H and O–H groups in total. The average molecular weight is 380 g/mol. The lowest BCUT2D eigenvalue weighted by Crippen LogP contribution is -2.27. The summed E-state index contributed by atoms with van der Waals surface area (Å²) in [7, 11) is 0. The van der Waals surface area contributed by atoms with Crippen molar-refractivity contribution in [3.63, 3.8) is 0 Å². The van der Waals surface area contributed by atoms with E-state index in [9.17, 15) is 4.79 Å². The second kappa shape index (κ2) is 10.7. The SMILES string of the molecule is Cc1ccc(CSCCNC(=O)CSCc2ccccc2Cl)cc1. The van der Waals surface area contributed by atoms with Gasteiger partial charge in [0.1, 0.15) is 0 Å². The van der Waals surface area contributed by atoms with Crippen LogP contribution in [0.5, 0.6) is 0 Å². The highest BCUT2D eigenvalue weighted by Crippen LogP contribution is 2.20. The predicted octanol–water partition coefficient (Wildman–Crippen LogP) is 4.93. The van der Waals surface area contributed by atoms with Crippen molar-refractivity contribution >= 4 is 41.0 Å². The largest absolute Gasteiger partial charge is 0.355 e. The lowest BCUT2D eigenvalue weighted by Gasteiger charge is -2.06. The smallest absolute Gasteiger partial charge is 0.230 e. The molecule has 0 aromatic heterocycles. The minimum atomic E-state index is 0.0861. The average Bonchev–Trinajstić information content (AvgIpc) is 2.58. The first-order valence-corrected chi connectivity index (χ1v) is 10.5. The zero-order valence-electron chi connectivity index (χ0n) is 13.8. The highest BCUT2D eigenvalue weighted by molar-refractivity contribution is 7.99. The second-order valence-corrected chi connectivity index (χ2v) is 7.97. The molecular weight excluding hydrogens is 358 g/mol. The fourth-order valence-corrected chi connectivity index (χ4v) is 4.02. The highest BCUT2D eigenvalue weighted by Gasteiger charge is 2.03. The van der Waals surface area contributed by atoms with Crippen LogP contribution in [0.25, 0.3) is 0 Å². The topological polar surface area (TPSA) is 29.1 Å². The van der Waals surface area contributed by atoms with Crippen molar-refractivity contribution in [1.29, 1.82) is 0 Å². The van der Waals surface area contributed by atoms with Gasteiger partial charge in [0.2, 0.25) is 5.91 Å². The Labute approximate surface area is 157 Å². The van der Waals surface area contributed by atoms with E-state index in [1.807, 2.05) is 36.0 Å². The molecule has 24 heavy (non-hydrogen) atoms. The molecule has 2 nitrogen and oxygen atoms in total. The van der Waals surface area contributed by atoms with Crippen LogP contribution in [0.3, 0.4) is 0 Å². The van der Waals surface area contributed by atoms with Crippen LogP contribution < -0.4 is 5.32 Å². The van der Waals surface area contributed by atoms with Crippen LogP contribution in [0.1, 0.15) is 16.7 Å². The maximum atomic E-state index is 11.8. The number of rotatable bonds is 9. The summed E-state index contributed by atoms with van der Waals surface area (Å²) in [5.74, 6) is 3.22. The zero-order valence-corrected chi connectivity index (χ0v) is 16.1. The number of thioether (sulfide) groups is 2. The molecule has 2 aromatic carbocycles. The van der Waals surface area contributed by atoms with Crippen molar-refractivity contribution in [3.05, 3.63) is 70.2 Å². The normalized spacial score (nSPS) is 10.6. The van der Waals surface area contributed by atoms with Crippen LogP contribution in [0.4, 0.5) is 0 Å². The molecule has 0 aliphatic rings. The molecule has 0 heterocycles. The molecule has 1 amide bonds. The molecule has 0 unspecified atom stereocenters. The summed E-state index contributed by atoms with van der Waals surface area (Å²) in [6.45, 7) is 2.80. The van der Waals surface area contributed by atoms with Crippen molar-refractivity contribution in [2.75, 3.05) is 18.1 Å². The van der Waals surface area contributed by atoms with Gasteiger partial charge in [0.25, 0.3) is 0 Å². The molecule has 0 fully saturated rings. The van der Waals surface area contributed by atoms with E-state index in [4.69, 9.17) is 11.6 Å². The summed E-state index contributed by atoms with van der Waals surface area (Å²) >= 11 is 9.53. The summed E-state index contributed by atoms with van der Waals surface area (Å²) in [5, 5.41) is 3.73. The molecule has 0 spiro atoms. The fourth-order valence-electron chi connectivity index (χ4n) is 2.06. The van der Waals surface area contributed by atoms with E-state index in [2.05, 4.69) is 36.5 Å². The van der Waals surface area contributed by atoms with E-state index in [1.54, 1.807) is 11.8 Å². The maximum absolute atomic E-state index is 11.8. The Balaban J connectivity index is 1.53. The Morgan fingerprint density at radius 2 is 1.79 bits per heavy atom. The van der Waals surface area contributed by atoms with Gasteiger partial charge in [-0.05, 0) is 24.1 Å². The third-order valence-corrected chi connectivity index (χ3v) is 5.79. The quantitative estimate of drug-likeness (QED) is 0.626. The summed E-state index contributed by atoms with van der Waals surface area (Å²) in [4.78, 5) is 11.8. The molecule has 2 aromatic rings. The number of amides is 1. The van der Waals surface area contributed by atoms with Gasteiger partial charge in [-0.15, -0.1) is 11.8 Å². The number of carbonyl (C=O) groups excluding carboxylic acids is 1. The Morgan fingerprint density at radius 1 is 1.04 bits per heavy atom. The van der Waals surface area contributed by atoms with Gasteiger partial charge >= 0.3 is 0 Å². The summed E-state index contributed by atoms with van der Waals surface area (Å²) in [6, 6.07) is 16.3. The Morgan fingerprint density at radius 3 is 2.54 bits per heavy atom. The number of hydrogen-bond donors (Lipinski definition) is 1. The molecule has 0 bridgehead atoms. The van der Waals surface area contributed by atoms with Crippen LogP contribution >= 0.6 is 35.1 Å². The second-order valence-electron chi connectivity index (χ2n) is 5.47. The van der Waals surface area contributed by atoms with E-state index >= 15 is 0 Å². The van der Waals surface area contributed by atoms with Crippen molar-refractivity contribution in [1.82, 2.24) is 5.32 Å². The third kappa shape index (κ3) is 7.20. The first kappa shape index (κ1) is 19.2. The minimum absolute atomic E-state index is 0.0861. The van der Waals surface area contributed by atoms with Gasteiger partial charge in [0, 0.05) is 28.8 Å². The molecule has 0 saturated heterocycles. The van der Waals surface area contributed by atoms with Gasteiger partial charge in [-0.1, -0.05) is 59.6 Å². The number of hydrogen-bond acceptors (Lipinski definition) is 3. The van der Waals surface area contributed by atoms with Crippen LogP contribution in [0.2, 0.25) is 5.02 Å². The molecule has 0 saturated carbocycles. The fraction of sp³-hybridized carbons (Fsp3) is 0.316. The van der Waals surface area contributed by atoms with Gasteiger partial charge in [-0.25, -0.2) is 0 Å². The number of carbonyl (C=O) groups is 1. The highest BCUT2D eigenvalue weighted by atomic mass is 35.5. The molecule has 128 valence electrons. The molecule has 0 atom stereocenters. The van der Waals surface area contributed by atoms with Gasteiger partial charge in [-0.2, -0.15) is 11.8 Å². The third-order valence-electron chi connectivity index (χ3n) is 3.41. The van der Waals surface area contributed by atoms with Crippen LogP contribution in [-0.2, 0) is 16.3 Å². The van der Waals surface area contributed by atoms with Crippen molar-refractivity contribution < 1.29 is 4.79 Å². The Hall–Kier alpha value is -1.10. The number of benzene rings is 2. The van der Waals surface area contributed by atoms with Crippen LogP contribution in [0, 0.1) is 6.92 Å². The number of nitrogens with one attached hydrogen (secondary N) is 1. The van der Waals surface area contributed by atoms with Gasteiger partial charge < -0.3 is 5.32 Å². The van der Waals surface area contributed by atoms with Gasteiger partial charge in [0.05, 0.1) is 5.75 Å². The molecular formula is C19H22ClNOS2. The van der Waals surface area contributed by atoms with Crippen molar-refractivity contribution in [2.24, 2.45) is 0 Å². The lowest BCUT2D eigenvalue weighted by atomic mass is 10.2. The van der Waals surface area contributed by atoms with E-state index in [0.717, 1.165) is 27.8 Å². The van der Waals surface area contributed by atoms with Crippen molar-refractivity contribution in [2.45, 2.75) is 18.4 Å². The molecule has 0 aliphatic heterocycles. The standard InChI is InChI=1S/C19H22ClNOS2/c1-15-6-8-16(9-7-15)12-23-11-10-21-19(22)14-24-13-17-4-2-3-5-18(17)20/h2-9H,10-14H2,1H3,(H,21,22). The summed E-state index contributed by atoms with van der Waals surface area (Å²) in [6.07, 6.45) is 0. The number of aryl methyl sites for hydroxylation is 1. The number of halogens is 1. The van der Waals surface area contributed by atoms with E-state index in [-0.39, 0.29) is 5.91 Å². The first-order valence-electron chi connectivity index (χ1n) is 7.86. The lowest BCUT2D eigenvalue weighted by molar-refractivity contribution is -0.118. The molecule has 0 radical (unpaired) electrons. The first-order chi connectivity index (χ1) is 11.6. The van der Waals surface area contributed by atoms with E-state index in [0.29, 0.717) is 12.3 Å². The predicted molar refractivity (Wildman–Crippen MR) is 108 cm³/mol. The molecule has 5 heteroatoms. The summed E-state index contributed by atoms with van der Waals surface area (Å²) < 4.78 is 0. The van der Waals surface area contributed by atoms with Crippen LogP contribution in [-0.4, -0.2) is 24.0 Å². The van der Waals surface area contributed by atoms with Crippen LogP contribution in [0.15, 0.2) is 48.5 Å². The minimum Gasteiger partial charge on any atom is -0.355 e. The van der Waals surface area contributed by atoms with E-state index < -0.39 is 0 Å². The zero-order chi connectivity index (χ0) is 17.2. The monoisotopic (exact) mass is 379 g/mol. The maximum Gasteiger partial charge on any atom is 0.230 e. The Kier molecular flexibility index (Phi) is 8.57. The Bertz CT molecular complexity index is 646. The van der Waals surface area contributed by atoms with E-state index in [1.165, 1.54) is 11.1 Å². The molecule has 2 rings (SSSR count). The van der Waals surface area contributed by atoms with Gasteiger partial charge in [-0.3, -0.25) is 4.79 Å². The molecule has 0 aliphatic carbocycles. The van der Waals surface area contributed by atoms with Gasteiger partial charge in [0.15, 0.2) is 0 Å². The summed E-state index contributed by atoms with van der Waals surface area (Å²) in [5.41, 5.74) is 3.68. The van der Waals surface area contributed by atoms with Crippen molar-refractivity contribution in [3.8, 4) is 0 Å².